The van der Waals surface area contributed by atoms with E-state index in [1.807, 2.05) is 11.8 Å². The lowest BCUT2D eigenvalue weighted by atomic mass is 10.1. The van der Waals surface area contributed by atoms with Crippen molar-refractivity contribution >= 4 is 39.1 Å². The highest BCUT2D eigenvalue weighted by atomic mass is 32.2. The van der Waals surface area contributed by atoms with Crippen LogP contribution in [0.15, 0.2) is 16.3 Å². The van der Waals surface area contributed by atoms with Crippen LogP contribution in [0.25, 0.3) is 0 Å². The normalized spacial score (nSPS) is 28.7. The fraction of sp³-hybridized carbons (Fsp3) is 0.643. The molecule has 0 saturated carbocycles. The first-order valence-electron chi connectivity index (χ1n) is 7.21. The zero-order chi connectivity index (χ0) is 15.9. The van der Waals surface area contributed by atoms with Gasteiger partial charge in [-0.15, -0.1) is 11.3 Å². The van der Waals surface area contributed by atoms with E-state index in [9.17, 15) is 13.2 Å². The molecule has 2 unspecified atom stereocenters. The number of hydrogen-bond acceptors (Lipinski definition) is 6. The number of carbonyl (C=O) groups is 1. The van der Waals surface area contributed by atoms with Crippen molar-refractivity contribution in [3.05, 3.63) is 16.3 Å². The van der Waals surface area contributed by atoms with E-state index < -0.39 is 16.0 Å². The van der Waals surface area contributed by atoms with E-state index in [1.165, 1.54) is 13.2 Å². The quantitative estimate of drug-likeness (QED) is 0.771. The van der Waals surface area contributed by atoms with Gasteiger partial charge < -0.3 is 4.74 Å². The van der Waals surface area contributed by atoms with E-state index in [-0.39, 0.29) is 21.9 Å². The van der Waals surface area contributed by atoms with Gasteiger partial charge in [-0.1, -0.05) is 0 Å². The number of fused-ring (bicyclic) bond motifs is 2. The van der Waals surface area contributed by atoms with Gasteiger partial charge >= 0.3 is 5.97 Å². The fourth-order valence-electron chi connectivity index (χ4n) is 3.52. The van der Waals surface area contributed by atoms with E-state index in [1.54, 1.807) is 9.69 Å². The fourth-order valence-corrected chi connectivity index (χ4v) is 7.56. The zero-order valence-electron chi connectivity index (χ0n) is 12.5. The number of esters is 1. The van der Waals surface area contributed by atoms with Gasteiger partial charge in [-0.3, -0.25) is 0 Å². The number of piperidine rings is 1. The Morgan fingerprint density at radius 1 is 1.36 bits per heavy atom. The van der Waals surface area contributed by atoms with Gasteiger partial charge in [0, 0.05) is 17.3 Å². The largest absolute Gasteiger partial charge is 0.465 e. The maximum atomic E-state index is 13.1. The van der Waals surface area contributed by atoms with Crippen LogP contribution >= 0.6 is 23.1 Å². The van der Waals surface area contributed by atoms with Crippen LogP contribution in [0.4, 0.5) is 0 Å². The lowest BCUT2D eigenvalue weighted by Crippen LogP contribution is -2.47. The van der Waals surface area contributed by atoms with Crippen molar-refractivity contribution in [3.63, 3.8) is 0 Å². The Labute approximate surface area is 139 Å². The molecule has 2 atom stereocenters. The topological polar surface area (TPSA) is 63.7 Å². The van der Waals surface area contributed by atoms with Crippen molar-refractivity contribution in [1.82, 2.24) is 4.31 Å². The summed E-state index contributed by atoms with van der Waals surface area (Å²) < 4.78 is 32.5. The van der Waals surface area contributed by atoms with Crippen molar-refractivity contribution in [2.45, 2.75) is 47.9 Å². The molecule has 122 valence electrons. The van der Waals surface area contributed by atoms with Crippen molar-refractivity contribution in [2.75, 3.05) is 13.4 Å². The summed E-state index contributed by atoms with van der Waals surface area (Å²) in [5.74, 6) is -0.583. The average Bonchev–Trinajstić information content (AvgIpc) is 3.10. The Hall–Kier alpha value is -0.570. The molecule has 2 bridgehead atoms. The third kappa shape index (κ3) is 2.60. The molecule has 8 heteroatoms. The second-order valence-electron chi connectivity index (χ2n) is 5.65. The molecular formula is C14H19NO4S3. The van der Waals surface area contributed by atoms with Crippen molar-refractivity contribution in [2.24, 2.45) is 0 Å². The Balaban J connectivity index is 1.95. The van der Waals surface area contributed by atoms with Gasteiger partial charge in [-0.25, -0.2) is 13.2 Å². The second kappa shape index (κ2) is 6.14. The monoisotopic (exact) mass is 361 g/mol. The van der Waals surface area contributed by atoms with E-state index >= 15 is 0 Å². The number of rotatable bonds is 4. The molecule has 0 aromatic carbocycles. The van der Waals surface area contributed by atoms with Crippen LogP contribution in [0.3, 0.4) is 0 Å². The summed E-state index contributed by atoms with van der Waals surface area (Å²) in [5, 5.41) is 2.17. The number of nitrogens with zero attached hydrogens (tertiary/aromatic N) is 1. The SMILES string of the molecule is COC(=O)c1sccc1S(=O)(=O)N1C2CCC1CC(SC)C2. The smallest absolute Gasteiger partial charge is 0.349 e. The van der Waals surface area contributed by atoms with Crippen molar-refractivity contribution in [3.8, 4) is 0 Å². The van der Waals surface area contributed by atoms with Gasteiger partial charge in [-0.05, 0) is 43.4 Å². The maximum Gasteiger partial charge on any atom is 0.349 e. The first kappa shape index (κ1) is 16.3. The summed E-state index contributed by atoms with van der Waals surface area (Å²) in [7, 11) is -2.37. The van der Waals surface area contributed by atoms with Crippen LogP contribution in [0, 0.1) is 0 Å². The van der Waals surface area contributed by atoms with Crippen LogP contribution < -0.4 is 0 Å². The summed E-state index contributed by atoms with van der Waals surface area (Å²) in [5.41, 5.74) is 0. The minimum absolute atomic E-state index is 0.0617. The number of ether oxygens (including phenoxy) is 1. The Bertz CT molecular complexity index is 655. The number of thiophene rings is 1. The Morgan fingerprint density at radius 2 is 2.00 bits per heavy atom. The summed E-state index contributed by atoms with van der Waals surface area (Å²) in [4.78, 5) is 12.1. The van der Waals surface area contributed by atoms with Crippen molar-refractivity contribution in [1.29, 1.82) is 0 Å². The molecule has 0 spiro atoms. The standard InChI is InChI=1S/C14H19NO4S3/c1-19-14(16)13-12(5-6-21-13)22(17,18)15-9-3-4-10(15)8-11(7-9)20-2/h5-6,9-11H,3-4,7-8H2,1-2H3. The molecule has 3 rings (SSSR count). The first-order chi connectivity index (χ1) is 10.5. The molecule has 2 fully saturated rings. The van der Waals surface area contributed by atoms with E-state index in [0.29, 0.717) is 5.25 Å². The first-order valence-corrected chi connectivity index (χ1v) is 10.8. The Morgan fingerprint density at radius 3 is 2.55 bits per heavy atom. The van der Waals surface area contributed by atoms with Gasteiger partial charge in [0.2, 0.25) is 10.0 Å². The third-order valence-corrected chi connectivity index (χ3v) is 8.63. The molecular weight excluding hydrogens is 342 g/mol. The minimum Gasteiger partial charge on any atom is -0.465 e. The van der Waals surface area contributed by atoms with Gasteiger partial charge in [0.25, 0.3) is 0 Å². The molecule has 5 nitrogen and oxygen atoms in total. The lowest BCUT2D eigenvalue weighted by Gasteiger charge is -2.37. The predicted octanol–water partition coefficient (Wildman–Crippen LogP) is 2.58. The molecule has 1 aromatic heterocycles. The second-order valence-corrected chi connectivity index (χ2v) is 9.52. The molecule has 2 aliphatic rings. The van der Waals surface area contributed by atoms with E-state index in [4.69, 9.17) is 4.74 Å². The molecule has 22 heavy (non-hydrogen) atoms. The molecule has 0 aliphatic carbocycles. The molecule has 0 N–H and O–H groups in total. The van der Waals surface area contributed by atoms with Gasteiger partial charge in [0.1, 0.15) is 9.77 Å². The average molecular weight is 362 g/mol. The minimum atomic E-state index is -3.64. The summed E-state index contributed by atoms with van der Waals surface area (Å²) in [6.07, 6.45) is 5.71. The van der Waals surface area contributed by atoms with Gasteiger partial charge in [-0.2, -0.15) is 16.1 Å². The third-order valence-electron chi connectivity index (χ3n) is 4.51. The maximum absolute atomic E-state index is 13.1. The van der Waals surface area contributed by atoms with E-state index in [0.717, 1.165) is 37.0 Å². The van der Waals surface area contributed by atoms with Crippen LogP contribution in [-0.2, 0) is 14.8 Å². The molecule has 1 aromatic rings. The summed E-state index contributed by atoms with van der Waals surface area (Å²) in [6.45, 7) is 0. The molecule has 2 aliphatic heterocycles. The summed E-state index contributed by atoms with van der Waals surface area (Å²) in [6, 6.07) is 1.64. The molecule has 0 radical (unpaired) electrons. The van der Waals surface area contributed by atoms with Crippen molar-refractivity contribution < 1.29 is 17.9 Å². The van der Waals surface area contributed by atoms with Crippen LogP contribution in [-0.4, -0.2) is 49.4 Å². The van der Waals surface area contributed by atoms with Crippen LogP contribution in [0.2, 0.25) is 0 Å². The number of carbonyl (C=O) groups excluding carboxylic acids is 1. The lowest BCUT2D eigenvalue weighted by molar-refractivity contribution is 0.0602. The highest BCUT2D eigenvalue weighted by Crippen LogP contribution is 2.43. The highest BCUT2D eigenvalue weighted by Gasteiger charge is 2.48. The number of hydrogen-bond donors (Lipinski definition) is 0. The number of thioether (sulfide) groups is 1. The number of sulfonamides is 1. The number of methoxy groups -OCH3 is 1. The van der Waals surface area contributed by atoms with Crippen LogP contribution in [0.1, 0.15) is 35.4 Å². The molecule has 0 amide bonds. The molecule has 3 heterocycles. The van der Waals surface area contributed by atoms with Crippen LogP contribution in [0.5, 0.6) is 0 Å². The predicted molar refractivity (Wildman–Crippen MR) is 88.0 cm³/mol. The Kier molecular flexibility index (Phi) is 4.55. The summed E-state index contributed by atoms with van der Waals surface area (Å²) >= 11 is 2.94. The zero-order valence-corrected chi connectivity index (χ0v) is 15.0. The molecule has 2 saturated heterocycles. The van der Waals surface area contributed by atoms with Gasteiger partial charge in [0.15, 0.2) is 0 Å². The van der Waals surface area contributed by atoms with E-state index in [2.05, 4.69) is 6.26 Å². The van der Waals surface area contributed by atoms with Gasteiger partial charge in [0.05, 0.1) is 7.11 Å². The highest BCUT2D eigenvalue weighted by molar-refractivity contribution is 7.99.